The lowest BCUT2D eigenvalue weighted by atomic mass is 10.1. The van der Waals surface area contributed by atoms with Crippen LogP contribution in [0.3, 0.4) is 0 Å². The zero-order valence-electron chi connectivity index (χ0n) is 10.0. The van der Waals surface area contributed by atoms with E-state index in [1.165, 1.54) is 5.56 Å². The Morgan fingerprint density at radius 1 is 1.35 bits per heavy atom. The molecule has 0 aromatic heterocycles. The molecule has 0 saturated carbocycles. The Morgan fingerprint density at radius 2 is 2.12 bits per heavy atom. The van der Waals surface area contributed by atoms with Crippen LogP contribution in [0, 0.1) is 0 Å². The quantitative estimate of drug-likeness (QED) is 0.927. The second-order valence-corrected chi connectivity index (χ2v) is 5.08. The van der Waals surface area contributed by atoms with Gasteiger partial charge in [-0.3, -0.25) is 0 Å². The van der Waals surface area contributed by atoms with Crippen molar-refractivity contribution in [3.05, 3.63) is 28.2 Å². The molecule has 0 atom stereocenters. The van der Waals surface area contributed by atoms with Crippen molar-refractivity contribution >= 4 is 15.9 Å². The average Bonchev–Trinajstić information content (AvgIpc) is 2.38. The molecular weight excluding hydrogens is 282 g/mol. The van der Waals surface area contributed by atoms with Crippen molar-refractivity contribution in [1.29, 1.82) is 0 Å². The summed E-state index contributed by atoms with van der Waals surface area (Å²) in [5.41, 5.74) is 1.18. The van der Waals surface area contributed by atoms with E-state index in [2.05, 4.69) is 27.3 Å². The first-order valence-corrected chi connectivity index (χ1v) is 6.73. The summed E-state index contributed by atoms with van der Waals surface area (Å²) in [6.45, 7) is 2.81. The molecule has 0 amide bonds. The molecule has 1 heterocycles. The van der Waals surface area contributed by atoms with Crippen LogP contribution >= 0.6 is 15.9 Å². The van der Waals surface area contributed by atoms with Gasteiger partial charge in [-0.2, -0.15) is 0 Å². The highest BCUT2D eigenvalue weighted by Gasteiger charge is 2.13. The Kier molecular flexibility index (Phi) is 4.83. The summed E-state index contributed by atoms with van der Waals surface area (Å²) >= 11 is 3.48. The lowest BCUT2D eigenvalue weighted by molar-refractivity contribution is 0.0212. The van der Waals surface area contributed by atoms with Crippen LogP contribution < -0.4 is 10.1 Å². The number of hydrogen-bond donors (Lipinski definition) is 1. The van der Waals surface area contributed by atoms with Crippen LogP contribution in [0.25, 0.3) is 0 Å². The zero-order valence-corrected chi connectivity index (χ0v) is 11.6. The molecule has 2 rings (SSSR count). The molecule has 1 N–H and O–H groups in total. The molecule has 0 spiro atoms. The van der Waals surface area contributed by atoms with E-state index in [0.29, 0.717) is 12.7 Å². The number of halogens is 1. The summed E-state index contributed by atoms with van der Waals surface area (Å²) in [6.07, 6.45) is 2.62. The maximum Gasteiger partial charge on any atom is 0.133 e. The van der Waals surface area contributed by atoms with Crippen LogP contribution in [0.15, 0.2) is 22.7 Å². The molecule has 0 radical (unpaired) electrons. The van der Waals surface area contributed by atoms with Crippen molar-refractivity contribution in [3.63, 3.8) is 0 Å². The summed E-state index contributed by atoms with van der Waals surface area (Å²) < 4.78 is 12.1. The predicted molar refractivity (Wildman–Crippen MR) is 71.4 cm³/mol. The summed E-state index contributed by atoms with van der Waals surface area (Å²) in [4.78, 5) is 0. The highest BCUT2D eigenvalue weighted by atomic mass is 79.9. The van der Waals surface area contributed by atoms with Gasteiger partial charge in [-0.15, -0.1) is 0 Å². The first kappa shape index (κ1) is 12.9. The van der Waals surface area contributed by atoms with Crippen LogP contribution in [0.5, 0.6) is 5.75 Å². The molecular formula is C13H18BrNO2. The molecule has 17 heavy (non-hydrogen) atoms. The number of benzene rings is 1. The number of hydrogen-bond acceptors (Lipinski definition) is 3. The lowest BCUT2D eigenvalue weighted by Gasteiger charge is -2.23. The van der Waals surface area contributed by atoms with Gasteiger partial charge in [-0.25, -0.2) is 0 Å². The highest BCUT2D eigenvalue weighted by Crippen LogP contribution is 2.26. The number of ether oxygens (including phenoxy) is 2. The van der Waals surface area contributed by atoms with Crippen LogP contribution in [-0.4, -0.2) is 26.3 Å². The molecule has 4 heteroatoms. The summed E-state index contributed by atoms with van der Waals surface area (Å²) in [5, 5.41) is 3.33. The van der Waals surface area contributed by atoms with Crippen LogP contribution in [0.2, 0.25) is 0 Å². The molecule has 1 aliphatic rings. The molecule has 94 valence electrons. The molecule has 1 aromatic carbocycles. The standard InChI is InChI=1S/C13H18BrNO2/c1-16-13-3-2-10(8-12(13)14)9-17-11-4-6-15-7-5-11/h2-3,8,11,15H,4-7,9H2,1H3. The van der Waals surface area contributed by atoms with Gasteiger partial charge in [-0.1, -0.05) is 6.07 Å². The Labute approximate surface area is 111 Å². The van der Waals surface area contributed by atoms with Gasteiger partial charge in [0.05, 0.1) is 24.3 Å². The van der Waals surface area contributed by atoms with Crippen LogP contribution in [0.4, 0.5) is 0 Å². The van der Waals surface area contributed by atoms with E-state index >= 15 is 0 Å². The predicted octanol–water partition coefficient (Wildman–Crippen LogP) is 2.73. The largest absolute Gasteiger partial charge is 0.496 e. The van der Waals surface area contributed by atoms with Crippen molar-refractivity contribution in [2.45, 2.75) is 25.6 Å². The SMILES string of the molecule is COc1ccc(COC2CCNCC2)cc1Br. The normalized spacial score (nSPS) is 17.1. The van der Waals surface area contributed by atoms with Crippen molar-refractivity contribution in [3.8, 4) is 5.75 Å². The van der Waals surface area contributed by atoms with Crippen molar-refractivity contribution in [1.82, 2.24) is 5.32 Å². The van der Waals surface area contributed by atoms with Gasteiger partial charge in [0, 0.05) is 0 Å². The first-order chi connectivity index (χ1) is 8.29. The van der Waals surface area contributed by atoms with Gasteiger partial charge in [0.15, 0.2) is 0 Å². The molecule has 0 unspecified atom stereocenters. The average molecular weight is 300 g/mol. The van der Waals surface area contributed by atoms with Gasteiger partial charge in [0.1, 0.15) is 5.75 Å². The van der Waals surface area contributed by atoms with Crippen molar-refractivity contribution in [2.75, 3.05) is 20.2 Å². The molecule has 1 fully saturated rings. The summed E-state index contributed by atoms with van der Waals surface area (Å²) in [6, 6.07) is 6.07. The number of piperidine rings is 1. The van der Waals surface area contributed by atoms with Gasteiger partial charge in [0.25, 0.3) is 0 Å². The minimum atomic E-state index is 0.400. The first-order valence-electron chi connectivity index (χ1n) is 5.94. The molecule has 1 aromatic rings. The van der Waals surface area contributed by atoms with Gasteiger partial charge in [0.2, 0.25) is 0 Å². The van der Waals surface area contributed by atoms with E-state index in [-0.39, 0.29) is 0 Å². The van der Waals surface area contributed by atoms with Crippen molar-refractivity contribution < 1.29 is 9.47 Å². The van der Waals surface area contributed by atoms with E-state index in [9.17, 15) is 0 Å². The third-order valence-electron chi connectivity index (χ3n) is 2.99. The van der Waals surface area contributed by atoms with Gasteiger partial charge >= 0.3 is 0 Å². The van der Waals surface area contributed by atoms with E-state index in [4.69, 9.17) is 9.47 Å². The number of nitrogens with one attached hydrogen (secondary N) is 1. The zero-order chi connectivity index (χ0) is 12.1. The van der Waals surface area contributed by atoms with Crippen LogP contribution in [0.1, 0.15) is 18.4 Å². The second-order valence-electron chi connectivity index (χ2n) is 4.23. The minimum Gasteiger partial charge on any atom is -0.496 e. The van der Waals surface area contributed by atoms with E-state index in [1.807, 2.05) is 12.1 Å². The molecule has 0 aliphatic carbocycles. The monoisotopic (exact) mass is 299 g/mol. The van der Waals surface area contributed by atoms with Crippen molar-refractivity contribution in [2.24, 2.45) is 0 Å². The number of rotatable bonds is 4. The minimum absolute atomic E-state index is 0.400. The Hall–Kier alpha value is -0.580. The van der Waals surface area contributed by atoms with E-state index < -0.39 is 0 Å². The third-order valence-corrected chi connectivity index (χ3v) is 3.61. The number of methoxy groups -OCH3 is 1. The van der Waals surface area contributed by atoms with E-state index in [1.54, 1.807) is 7.11 Å². The fourth-order valence-electron chi connectivity index (χ4n) is 1.98. The Balaban J connectivity index is 1.87. The molecule has 1 saturated heterocycles. The summed E-state index contributed by atoms with van der Waals surface area (Å²) in [7, 11) is 1.67. The fourth-order valence-corrected chi connectivity index (χ4v) is 2.56. The Bertz CT molecular complexity index is 364. The van der Waals surface area contributed by atoms with Crippen LogP contribution in [-0.2, 0) is 11.3 Å². The maximum atomic E-state index is 5.90. The second kappa shape index (κ2) is 6.38. The third kappa shape index (κ3) is 3.69. The maximum absolute atomic E-state index is 5.90. The fraction of sp³-hybridized carbons (Fsp3) is 0.538. The smallest absolute Gasteiger partial charge is 0.133 e. The Morgan fingerprint density at radius 3 is 2.76 bits per heavy atom. The molecule has 1 aliphatic heterocycles. The summed E-state index contributed by atoms with van der Waals surface area (Å²) in [5.74, 6) is 0.857. The highest BCUT2D eigenvalue weighted by molar-refractivity contribution is 9.10. The van der Waals surface area contributed by atoms with Gasteiger partial charge < -0.3 is 14.8 Å². The molecule has 0 bridgehead atoms. The van der Waals surface area contributed by atoms with Gasteiger partial charge in [-0.05, 0) is 59.6 Å². The topological polar surface area (TPSA) is 30.5 Å². The van der Waals surface area contributed by atoms with E-state index in [0.717, 1.165) is 36.2 Å². The lowest BCUT2D eigenvalue weighted by Crippen LogP contribution is -2.32. The molecule has 3 nitrogen and oxygen atoms in total.